The zero-order chi connectivity index (χ0) is 14.8. The van der Waals surface area contributed by atoms with Crippen molar-refractivity contribution in [1.29, 1.82) is 0 Å². The van der Waals surface area contributed by atoms with Gasteiger partial charge in [-0.25, -0.2) is 4.39 Å². The van der Waals surface area contributed by atoms with E-state index in [-0.39, 0.29) is 11.7 Å². The van der Waals surface area contributed by atoms with Gasteiger partial charge in [0.15, 0.2) is 0 Å². The number of hydrogen-bond donors (Lipinski definition) is 2. The Bertz CT molecular complexity index is 703. The van der Waals surface area contributed by atoms with Crippen molar-refractivity contribution < 1.29 is 9.18 Å². The predicted octanol–water partition coefficient (Wildman–Crippen LogP) is 4.04. The summed E-state index contributed by atoms with van der Waals surface area (Å²) in [6, 6.07) is 10.0. The molecule has 1 aliphatic heterocycles. The molecule has 2 N–H and O–H groups in total. The minimum Gasteiger partial charge on any atom is -0.385 e. The Balaban J connectivity index is 1.81. The van der Waals surface area contributed by atoms with Crippen LogP contribution in [0.5, 0.6) is 0 Å². The number of aryl methyl sites for hydroxylation is 1. The third kappa shape index (κ3) is 3.18. The van der Waals surface area contributed by atoms with Crippen LogP contribution in [0.2, 0.25) is 0 Å². The van der Waals surface area contributed by atoms with Crippen molar-refractivity contribution in [2.75, 3.05) is 17.2 Å². The van der Waals surface area contributed by atoms with Crippen molar-refractivity contribution in [1.82, 2.24) is 0 Å². The van der Waals surface area contributed by atoms with Crippen molar-refractivity contribution in [2.24, 2.45) is 0 Å². The smallest absolute Gasteiger partial charge is 0.256 e. The Morgan fingerprint density at radius 2 is 2.10 bits per heavy atom. The molecule has 5 heteroatoms. The highest BCUT2D eigenvalue weighted by Gasteiger charge is 2.13. The summed E-state index contributed by atoms with van der Waals surface area (Å²) in [5, 5.41) is 6.21. The molecule has 1 heterocycles. The maximum absolute atomic E-state index is 13.1. The zero-order valence-electron chi connectivity index (χ0n) is 11.2. The van der Waals surface area contributed by atoms with Gasteiger partial charge in [0, 0.05) is 21.5 Å². The summed E-state index contributed by atoms with van der Waals surface area (Å²) in [6.45, 7) is 0.993. The lowest BCUT2D eigenvalue weighted by Gasteiger charge is -2.19. The van der Waals surface area contributed by atoms with Crippen LogP contribution in [0.15, 0.2) is 36.4 Å². The molecule has 0 aromatic heterocycles. The highest BCUT2D eigenvalue weighted by Crippen LogP contribution is 2.25. The van der Waals surface area contributed by atoms with Crippen LogP contribution in [0.1, 0.15) is 22.3 Å². The molecule has 0 spiro atoms. The van der Waals surface area contributed by atoms with Gasteiger partial charge in [0.25, 0.3) is 5.91 Å². The first-order valence-corrected chi connectivity index (χ1v) is 7.84. The lowest BCUT2D eigenvalue weighted by atomic mass is 10.0. The maximum atomic E-state index is 13.1. The van der Waals surface area contributed by atoms with Gasteiger partial charge in [-0.3, -0.25) is 4.79 Å². The highest BCUT2D eigenvalue weighted by molar-refractivity contribution is 14.1. The van der Waals surface area contributed by atoms with E-state index < -0.39 is 0 Å². The van der Waals surface area contributed by atoms with Crippen LogP contribution in [0, 0.1) is 9.39 Å². The molecule has 0 saturated carbocycles. The summed E-state index contributed by atoms with van der Waals surface area (Å²) in [4.78, 5) is 12.3. The Morgan fingerprint density at radius 3 is 2.90 bits per heavy atom. The predicted molar refractivity (Wildman–Crippen MR) is 90.3 cm³/mol. The number of carbonyl (C=O) groups excluding carboxylic acids is 1. The van der Waals surface area contributed by atoms with Gasteiger partial charge in [-0.05, 0) is 77.4 Å². The van der Waals surface area contributed by atoms with Crippen LogP contribution in [-0.4, -0.2) is 12.5 Å². The van der Waals surface area contributed by atoms with Crippen LogP contribution in [0.3, 0.4) is 0 Å². The van der Waals surface area contributed by atoms with Crippen LogP contribution in [0.4, 0.5) is 15.8 Å². The van der Waals surface area contributed by atoms with E-state index in [2.05, 4.69) is 10.6 Å². The topological polar surface area (TPSA) is 41.1 Å². The number of fused-ring (bicyclic) bond motifs is 1. The summed E-state index contributed by atoms with van der Waals surface area (Å²) < 4.78 is 13.7. The molecule has 0 bridgehead atoms. The first-order valence-electron chi connectivity index (χ1n) is 6.77. The van der Waals surface area contributed by atoms with E-state index in [0.717, 1.165) is 30.8 Å². The van der Waals surface area contributed by atoms with Crippen LogP contribution in [0.25, 0.3) is 0 Å². The van der Waals surface area contributed by atoms with Gasteiger partial charge in [-0.2, -0.15) is 0 Å². The number of anilines is 2. The molecule has 0 saturated heterocycles. The molecule has 3 rings (SSSR count). The van der Waals surface area contributed by atoms with Gasteiger partial charge in [0.1, 0.15) is 5.82 Å². The van der Waals surface area contributed by atoms with Crippen LogP contribution >= 0.6 is 22.6 Å². The van der Waals surface area contributed by atoms with Crippen molar-refractivity contribution in [2.45, 2.75) is 12.8 Å². The van der Waals surface area contributed by atoms with E-state index >= 15 is 0 Å². The minimum absolute atomic E-state index is 0.219. The minimum atomic E-state index is -0.337. The zero-order valence-corrected chi connectivity index (χ0v) is 13.4. The van der Waals surface area contributed by atoms with E-state index in [9.17, 15) is 9.18 Å². The second-order valence-electron chi connectivity index (χ2n) is 4.98. The third-order valence-electron chi connectivity index (χ3n) is 3.48. The first-order chi connectivity index (χ1) is 10.1. The van der Waals surface area contributed by atoms with Gasteiger partial charge in [0.2, 0.25) is 0 Å². The molecule has 0 aliphatic carbocycles. The number of nitrogens with one attached hydrogen (secondary N) is 2. The number of benzene rings is 2. The SMILES string of the molecule is O=C(Nc1ccc2c(c1)CCCN2)c1ccc(F)cc1I. The fourth-order valence-electron chi connectivity index (χ4n) is 2.42. The summed E-state index contributed by atoms with van der Waals surface area (Å²) in [6.07, 6.45) is 2.11. The number of halogens is 2. The average Bonchev–Trinajstić information content (AvgIpc) is 2.47. The molecule has 108 valence electrons. The molecule has 2 aromatic rings. The van der Waals surface area contributed by atoms with E-state index in [0.29, 0.717) is 9.13 Å². The average molecular weight is 396 g/mol. The van der Waals surface area contributed by atoms with Gasteiger partial charge >= 0.3 is 0 Å². The van der Waals surface area contributed by atoms with E-state index in [1.807, 2.05) is 40.8 Å². The molecule has 1 amide bonds. The Hall–Kier alpha value is -1.63. The Morgan fingerprint density at radius 1 is 1.24 bits per heavy atom. The number of amides is 1. The van der Waals surface area contributed by atoms with E-state index in [1.165, 1.54) is 23.8 Å². The molecular weight excluding hydrogens is 382 g/mol. The van der Waals surface area contributed by atoms with Gasteiger partial charge < -0.3 is 10.6 Å². The van der Waals surface area contributed by atoms with E-state index in [4.69, 9.17) is 0 Å². The molecule has 0 fully saturated rings. The largest absolute Gasteiger partial charge is 0.385 e. The summed E-state index contributed by atoms with van der Waals surface area (Å²) in [7, 11) is 0. The fourth-order valence-corrected chi connectivity index (χ4v) is 3.15. The molecule has 0 radical (unpaired) electrons. The Labute approximate surface area is 136 Å². The van der Waals surface area contributed by atoms with Gasteiger partial charge in [-0.15, -0.1) is 0 Å². The normalized spacial score (nSPS) is 13.2. The van der Waals surface area contributed by atoms with Crippen LogP contribution in [-0.2, 0) is 6.42 Å². The second kappa shape index (κ2) is 6.01. The Kier molecular flexibility index (Phi) is 4.10. The number of hydrogen-bond acceptors (Lipinski definition) is 2. The molecule has 21 heavy (non-hydrogen) atoms. The lowest BCUT2D eigenvalue weighted by Crippen LogP contribution is -2.15. The van der Waals surface area contributed by atoms with Crippen molar-refractivity contribution >= 4 is 39.9 Å². The highest BCUT2D eigenvalue weighted by atomic mass is 127. The lowest BCUT2D eigenvalue weighted by molar-refractivity contribution is 0.102. The van der Waals surface area contributed by atoms with Crippen molar-refractivity contribution in [3.05, 3.63) is 56.9 Å². The number of carbonyl (C=O) groups is 1. The molecule has 0 unspecified atom stereocenters. The second-order valence-corrected chi connectivity index (χ2v) is 6.14. The molecule has 0 atom stereocenters. The molecule has 1 aliphatic rings. The standard InChI is InChI=1S/C16H14FIN2O/c17-11-3-5-13(14(18)9-11)16(21)20-12-4-6-15-10(8-12)2-1-7-19-15/h3-6,8-9,19H,1-2,7H2,(H,20,21). The van der Waals surface area contributed by atoms with Gasteiger partial charge in [0.05, 0.1) is 5.56 Å². The molecule has 2 aromatic carbocycles. The van der Waals surface area contributed by atoms with E-state index in [1.54, 1.807) is 0 Å². The molecular formula is C16H14FIN2O. The summed E-state index contributed by atoms with van der Waals surface area (Å²) in [5.41, 5.74) is 3.60. The monoisotopic (exact) mass is 396 g/mol. The summed E-state index contributed by atoms with van der Waals surface area (Å²) >= 11 is 1.97. The quantitative estimate of drug-likeness (QED) is 0.753. The third-order valence-corrected chi connectivity index (χ3v) is 4.37. The van der Waals surface area contributed by atoms with Crippen molar-refractivity contribution in [3.8, 4) is 0 Å². The maximum Gasteiger partial charge on any atom is 0.256 e. The fraction of sp³-hybridized carbons (Fsp3) is 0.188. The molecule has 3 nitrogen and oxygen atoms in total. The number of rotatable bonds is 2. The van der Waals surface area contributed by atoms with Crippen LogP contribution < -0.4 is 10.6 Å². The van der Waals surface area contributed by atoms with Gasteiger partial charge in [-0.1, -0.05) is 0 Å². The van der Waals surface area contributed by atoms with Crippen molar-refractivity contribution in [3.63, 3.8) is 0 Å². The first kappa shape index (κ1) is 14.3. The summed E-state index contributed by atoms with van der Waals surface area (Å²) in [5.74, 6) is -0.557.